The lowest BCUT2D eigenvalue weighted by Gasteiger charge is -2.01. The van der Waals surface area contributed by atoms with Crippen LogP contribution in [0.15, 0.2) is 50.5 Å². The third kappa shape index (κ3) is 3.26. The van der Waals surface area contributed by atoms with E-state index in [2.05, 4.69) is 47.9 Å². The molecule has 0 atom stereocenters. The SMILES string of the molecule is Cc1ccc(N=c2scc(C)n2N=Cc2ccsc2)cc1C. The molecule has 3 aromatic rings. The van der Waals surface area contributed by atoms with Crippen molar-refractivity contribution in [2.45, 2.75) is 20.8 Å². The summed E-state index contributed by atoms with van der Waals surface area (Å²) in [4.78, 5) is 5.62. The van der Waals surface area contributed by atoms with Gasteiger partial charge < -0.3 is 0 Å². The second kappa shape index (κ2) is 6.42. The predicted octanol–water partition coefficient (Wildman–Crippen LogP) is 4.65. The molecule has 0 amide bonds. The predicted molar refractivity (Wildman–Crippen MR) is 95.5 cm³/mol. The van der Waals surface area contributed by atoms with E-state index in [0.29, 0.717) is 0 Å². The van der Waals surface area contributed by atoms with E-state index in [1.165, 1.54) is 11.1 Å². The highest BCUT2D eigenvalue weighted by Gasteiger charge is 2.01. The zero-order valence-electron chi connectivity index (χ0n) is 12.8. The average Bonchev–Trinajstić information content (AvgIpc) is 3.12. The maximum Gasteiger partial charge on any atom is 0.211 e. The molecule has 3 rings (SSSR count). The Bertz CT molecular complexity index is 868. The van der Waals surface area contributed by atoms with Gasteiger partial charge in [-0.1, -0.05) is 6.07 Å². The number of aromatic nitrogens is 1. The maximum atomic E-state index is 4.73. The molecule has 5 heteroatoms. The topological polar surface area (TPSA) is 29.6 Å². The van der Waals surface area contributed by atoms with Crippen LogP contribution < -0.4 is 4.80 Å². The van der Waals surface area contributed by atoms with Crippen LogP contribution in [-0.4, -0.2) is 10.9 Å². The molecule has 0 saturated carbocycles. The van der Waals surface area contributed by atoms with Gasteiger partial charge in [0.2, 0.25) is 4.80 Å². The molecule has 2 aromatic heterocycles. The first-order valence-electron chi connectivity index (χ1n) is 6.99. The summed E-state index contributed by atoms with van der Waals surface area (Å²) in [7, 11) is 0. The van der Waals surface area contributed by atoms with Crippen molar-refractivity contribution in [1.82, 2.24) is 4.68 Å². The Morgan fingerprint density at radius 2 is 1.91 bits per heavy atom. The van der Waals surface area contributed by atoms with Crippen molar-refractivity contribution in [1.29, 1.82) is 0 Å². The fraction of sp³-hybridized carbons (Fsp3) is 0.176. The summed E-state index contributed by atoms with van der Waals surface area (Å²) in [5.74, 6) is 0. The lowest BCUT2D eigenvalue weighted by molar-refractivity contribution is 0.810. The van der Waals surface area contributed by atoms with Crippen LogP contribution in [0.5, 0.6) is 0 Å². The van der Waals surface area contributed by atoms with Crippen LogP contribution in [0.4, 0.5) is 5.69 Å². The molecule has 0 aliphatic heterocycles. The molecule has 0 radical (unpaired) electrons. The molecular formula is C17H17N3S2. The van der Waals surface area contributed by atoms with Crippen LogP contribution in [-0.2, 0) is 0 Å². The molecule has 0 fully saturated rings. The Balaban J connectivity index is 2.01. The molecule has 0 N–H and O–H groups in total. The second-order valence-corrected chi connectivity index (χ2v) is 6.77. The number of thiophene rings is 1. The lowest BCUT2D eigenvalue weighted by atomic mass is 10.1. The van der Waals surface area contributed by atoms with Crippen LogP contribution >= 0.6 is 22.7 Å². The number of rotatable bonds is 3. The summed E-state index contributed by atoms with van der Waals surface area (Å²) in [6, 6.07) is 8.31. The molecule has 3 nitrogen and oxygen atoms in total. The van der Waals surface area contributed by atoms with Crippen LogP contribution in [0.3, 0.4) is 0 Å². The second-order valence-electron chi connectivity index (χ2n) is 5.15. The van der Waals surface area contributed by atoms with Gasteiger partial charge in [0.05, 0.1) is 17.6 Å². The molecule has 0 saturated heterocycles. The highest BCUT2D eigenvalue weighted by molar-refractivity contribution is 7.08. The van der Waals surface area contributed by atoms with Gasteiger partial charge in [0, 0.05) is 10.9 Å². The smallest absolute Gasteiger partial charge is 0.211 e. The summed E-state index contributed by atoms with van der Waals surface area (Å²) < 4.78 is 1.89. The Morgan fingerprint density at radius 1 is 1.05 bits per heavy atom. The van der Waals surface area contributed by atoms with Gasteiger partial charge in [0.1, 0.15) is 0 Å². The third-order valence-electron chi connectivity index (χ3n) is 3.43. The minimum atomic E-state index is 0.882. The molecular weight excluding hydrogens is 310 g/mol. The van der Waals surface area contributed by atoms with Crippen molar-refractivity contribution in [2.75, 3.05) is 0 Å². The van der Waals surface area contributed by atoms with E-state index >= 15 is 0 Å². The van der Waals surface area contributed by atoms with Crippen molar-refractivity contribution >= 4 is 34.6 Å². The van der Waals surface area contributed by atoms with Crippen LogP contribution in [0.2, 0.25) is 0 Å². The van der Waals surface area contributed by atoms with Gasteiger partial charge in [0.25, 0.3) is 0 Å². The Labute approximate surface area is 137 Å². The first-order valence-corrected chi connectivity index (χ1v) is 8.81. The van der Waals surface area contributed by atoms with Gasteiger partial charge in [-0.05, 0) is 60.9 Å². The highest BCUT2D eigenvalue weighted by Crippen LogP contribution is 2.17. The van der Waals surface area contributed by atoms with E-state index in [9.17, 15) is 0 Å². The maximum absolute atomic E-state index is 4.73. The van der Waals surface area contributed by atoms with Gasteiger partial charge in [-0.25, -0.2) is 9.67 Å². The molecule has 0 bridgehead atoms. The molecule has 0 aliphatic rings. The molecule has 0 unspecified atom stereocenters. The van der Waals surface area contributed by atoms with E-state index in [1.54, 1.807) is 22.7 Å². The van der Waals surface area contributed by atoms with Crippen molar-refractivity contribution in [3.63, 3.8) is 0 Å². The van der Waals surface area contributed by atoms with Crippen molar-refractivity contribution in [3.05, 3.63) is 67.6 Å². The van der Waals surface area contributed by atoms with E-state index in [1.807, 2.05) is 29.3 Å². The molecule has 112 valence electrons. The molecule has 22 heavy (non-hydrogen) atoms. The van der Waals surface area contributed by atoms with Gasteiger partial charge in [0.15, 0.2) is 0 Å². The van der Waals surface area contributed by atoms with Crippen LogP contribution in [0, 0.1) is 20.8 Å². The molecule has 2 heterocycles. The number of aryl methyl sites for hydroxylation is 3. The monoisotopic (exact) mass is 327 g/mol. The zero-order valence-corrected chi connectivity index (χ0v) is 14.4. The average molecular weight is 327 g/mol. The summed E-state index contributed by atoms with van der Waals surface area (Å²) in [5.41, 5.74) is 5.69. The van der Waals surface area contributed by atoms with Gasteiger partial charge in [-0.15, -0.1) is 11.3 Å². The molecule has 1 aromatic carbocycles. The van der Waals surface area contributed by atoms with Crippen molar-refractivity contribution < 1.29 is 0 Å². The number of nitrogens with zero attached hydrogens (tertiary/aromatic N) is 3. The molecule has 0 aliphatic carbocycles. The Kier molecular flexibility index (Phi) is 4.36. The first kappa shape index (κ1) is 14.9. The molecule has 0 spiro atoms. The fourth-order valence-electron chi connectivity index (χ4n) is 1.98. The largest absolute Gasteiger partial charge is 0.220 e. The van der Waals surface area contributed by atoms with E-state index < -0.39 is 0 Å². The summed E-state index contributed by atoms with van der Waals surface area (Å²) in [6.45, 7) is 6.26. The van der Waals surface area contributed by atoms with E-state index in [0.717, 1.165) is 21.7 Å². The number of thiazole rings is 1. The van der Waals surface area contributed by atoms with Crippen molar-refractivity contribution in [3.8, 4) is 0 Å². The van der Waals surface area contributed by atoms with Crippen molar-refractivity contribution in [2.24, 2.45) is 10.1 Å². The number of hydrogen-bond donors (Lipinski definition) is 0. The normalized spacial score (nSPS) is 12.4. The van der Waals surface area contributed by atoms with E-state index in [4.69, 9.17) is 4.99 Å². The van der Waals surface area contributed by atoms with Crippen LogP contribution in [0.25, 0.3) is 0 Å². The standard InChI is InChI=1S/C17H17N3S2/c1-12-4-5-16(8-13(12)2)19-17-20(14(3)10-22-17)18-9-15-6-7-21-11-15/h4-11H,1-3H3. The Morgan fingerprint density at radius 3 is 2.64 bits per heavy atom. The van der Waals surface area contributed by atoms with Gasteiger partial charge >= 0.3 is 0 Å². The summed E-state index contributed by atoms with van der Waals surface area (Å²) in [5, 5.41) is 10.8. The summed E-state index contributed by atoms with van der Waals surface area (Å²) in [6.07, 6.45) is 1.87. The lowest BCUT2D eigenvalue weighted by Crippen LogP contribution is -2.11. The fourth-order valence-corrected chi connectivity index (χ4v) is 3.42. The minimum Gasteiger partial charge on any atom is -0.220 e. The highest BCUT2D eigenvalue weighted by atomic mass is 32.1. The van der Waals surface area contributed by atoms with Gasteiger partial charge in [-0.3, -0.25) is 0 Å². The minimum absolute atomic E-state index is 0.882. The first-order chi connectivity index (χ1) is 10.6. The van der Waals surface area contributed by atoms with Gasteiger partial charge in [-0.2, -0.15) is 16.4 Å². The van der Waals surface area contributed by atoms with Crippen LogP contribution in [0.1, 0.15) is 22.4 Å². The quantitative estimate of drug-likeness (QED) is 0.627. The number of benzene rings is 1. The van der Waals surface area contributed by atoms with E-state index in [-0.39, 0.29) is 0 Å². The number of hydrogen-bond acceptors (Lipinski definition) is 4. The summed E-state index contributed by atoms with van der Waals surface area (Å²) >= 11 is 3.27. The Hall–Kier alpha value is -1.98. The third-order valence-corrected chi connectivity index (χ3v) is 5.07. The zero-order chi connectivity index (χ0) is 15.5.